The summed E-state index contributed by atoms with van der Waals surface area (Å²) in [7, 11) is 0. The molecule has 5 nitrogen and oxygen atoms in total. The number of ether oxygens (including phenoxy) is 4. The van der Waals surface area contributed by atoms with Crippen molar-refractivity contribution in [2.24, 2.45) is 0 Å². The van der Waals surface area contributed by atoms with E-state index in [-0.39, 0.29) is 18.5 Å². The number of halogens is 4. The lowest BCUT2D eigenvalue weighted by Gasteiger charge is -2.29. The maximum Gasteiger partial charge on any atom is 0.430 e. The molecule has 1 aromatic rings. The van der Waals surface area contributed by atoms with Crippen molar-refractivity contribution in [1.29, 1.82) is 0 Å². The third-order valence-corrected chi connectivity index (χ3v) is 5.03. The summed E-state index contributed by atoms with van der Waals surface area (Å²) in [6.45, 7) is 2.14. The van der Waals surface area contributed by atoms with Crippen LogP contribution in [0.3, 0.4) is 0 Å². The standard InChI is InChI=1S/C18H16ClF3O5/c1-8-4-10(19)5-9-6-11(16(18(20,21)22)27-14(8)9)17(23)26-13-7-25-12-2-3-24-15(12)13/h4-6,12-13,15-16H,2-3,7H2,1H3. The van der Waals surface area contributed by atoms with Gasteiger partial charge in [-0.3, -0.25) is 0 Å². The third-order valence-electron chi connectivity index (χ3n) is 4.81. The molecule has 3 heterocycles. The largest absolute Gasteiger partial charge is 0.475 e. The summed E-state index contributed by atoms with van der Waals surface area (Å²) in [4.78, 5) is 12.6. The molecule has 0 aliphatic carbocycles. The summed E-state index contributed by atoms with van der Waals surface area (Å²) in [6.07, 6.45) is -6.80. The van der Waals surface area contributed by atoms with E-state index in [0.29, 0.717) is 29.2 Å². The van der Waals surface area contributed by atoms with Gasteiger partial charge in [0, 0.05) is 17.2 Å². The topological polar surface area (TPSA) is 54.0 Å². The molecule has 1 aromatic carbocycles. The molecule has 146 valence electrons. The molecule has 2 saturated heterocycles. The van der Waals surface area contributed by atoms with Gasteiger partial charge in [0.25, 0.3) is 0 Å². The molecule has 4 unspecified atom stereocenters. The number of fused-ring (bicyclic) bond motifs is 2. The van der Waals surface area contributed by atoms with Crippen molar-refractivity contribution in [2.75, 3.05) is 13.2 Å². The van der Waals surface area contributed by atoms with Crippen molar-refractivity contribution in [3.8, 4) is 5.75 Å². The number of rotatable bonds is 2. The normalized spacial score (nSPS) is 29.6. The Morgan fingerprint density at radius 1 is 1.30 bits per heavy atom. The van der Waals surface area contributed by atoms with Gasteiger partial charge in [0.15, 0.2) is 6.10 Å². The van der Waals surface area contributed by atoms with Gasteiger partial charge in [-0.15, -0.1) is 0 Å². The second-order valence-corrected chi connectivity index (χ2v) is 7.16. The zero-order valence-corrected chi connectivity index (χ0v) is 15.0. The molecule has 0 radical (unpaired) electrons. The van der Waals surface area contributed by atoms with E-state index in [4.69, 9.17) is 30.5 Å². The minimum atomic E-state index is -4.78. The van der Waals surface area contributed by atoms with E-state index < -0.39 is 36.0 Å². The molecule has 4 rings (SSSR count). The van der Waals surface area contributed by atoms with Gasteiger partial charge in [-0.25, -0.2) is 4.79 Å². The lowest BCUT2D eigenvalue weighted by Crippen LogP contribution is -2.42. The molecule has 3 aliphatic heterocycles. The van der Waals surface area contributed by atoms with Crippen LogP contribution in [-0.4, -0.2) is 49.8 Å². The maximum atomic E-state index is 13.5. The molecule has 0 saturated carbocycles. The molecule has 0 aromatic heterocycles. The Labute approximate surface area is 158 Å². The number of hydrogen-bond donors (Lipinski definition) is 0. The summed E-state index contributed by atoms with van der Waals surface area (Å²) < 4.78 is 62.0. The lowest BCUT2D eigenvalue weighted by molar-refractivity contribution is -0.189. The fourth-order valence-corrected chi connectivity index (χ4v) is 3.88. The third kappa shape index (κ3) is 3.41. The molecule has 4 atom stereocenters. The summed E-state index contributed by atoms with van der Waals surface area (Å²) in [5, 5.41) is 0.329. The minimum Gasteiger partial charge on any atom is -0.475 e. The van der Waals surface area contributed by atoms with Gasteiger partial charge in [0.05, 0.1) is 18.3 Å². The molecule has 3 aliphatic rings. The number of alkyl halides is 3. The molecule has 0 bridgehead atoms. The van der Waals surface area contributed by atoms with Crippen molar-refractivity contribution >= 4 is 23.6 Å². The van der Waals surface area contributed by atoms with Gasteiger partial charge in [-0.1, -0.05) is 11.6 Å². The summed E-state index contributed by atoms with van der Waals surface area (Å²) >= 11 is 5.98. The Bertz CT molecular complexity index is 807. The number of benzene rings is 1. The van der Waals surface area contributed by atoms with E-state index in [0.717, 1.165) is 6.08 Å². The molecule has 27 heavy (non-hydrogen) atoms. The van der Waals surface area contributed by atoms with Gasteiger partial charge >= 0.3 is 12.1 Å². The molecular weight excluding hydrogens is 389 g/mol. The van der Waals surface area contributed by atoms with Gasteiger partial charge in [-0.2, -0.15) is 13.2 Å². The van der Waals surface area contributed by atoms with Crippen LogP contribution < -0.4 is 4.74 Å². The summed E-state index contributed by atoms with van der Waals surface area (Å²) in [5.41, 5.74) is 0.116. The smallest absolute Gasteiger partial charge is 0.430 e. The highest BCUT2D eigenvalue weighted by Gasteiger charge is 2.51. The number of hydrogen-bond acceptors (Lipinski definition) is 5. The molecule has 0 N–H and O–H groups in total. The van der Waals surface area contributed by atoms with Gasteiger partial charge in [-0.05, 0) is 37.1 Å². The van der Waals surface area contributed by atoms with Crippen molar-refractivity contribution in [3.63, 3.8) is 0 Å². The van der Waals surface area contributed by atoms with E-state index in [1.165, 1.54) is 12.1 Å². The van der Waals surface area contributed by atoms with E-state index in [9.17, 15) is 18.0 Å². The van der Waals surface area contributed by atoms with Gasteiger partial charge < -0.3 is 18.9 Å². The van der Waals surface area contributed by atoms with Crippen LogP contribution in [0.5, 0.6) is 5.75 Å². The second kappa shape index (κ2) is 6.68. The monoisotopic (exact) mass is 404 g/mol. The van der Waals surface area contributed by atoms with Crippen LogP contribution in [0.4, 0.5) is 13.2 Å². The zero-order valence-electron chi connectivity index (χ0n) is 14.2. The number of carbonyl (C=O) groups is 1. The molecular formula is C18H16ClF3O5. The molecule has 2 fully saturated rings. The van der Waals surface area contributed by atoms with Crippen molar-refractivity contribution < 1.29 is 36.9 Å². The van der Waals surface area contributed by atoms with Crippen LogP contribution >= 0.6 is 11.6 Å². The van der Waals surface area contributed by atoms with E-state index in [1.54, 1.807) is 6.92 Å². The van der Waals surface area contributed by atoms with Gasteiger partial charge in [0.1, 0.15) is 11.9 Å². The SMILES string of the molecule is Cc1cc(Cl)cc2c1OC(C(F)(F)F)C(C(=O)OC1COC3CCOC31)=C2. The van der Waals surface area contributed by atoms with E-state index >= 15 is 0 Å². The Balaban J connectivity index is 1.64. The predicted octanol–water partition coefficient (Wildman–Crippen LogP) is 3.45. The maximum absolute atomic E-state index is 13.5. The molecule has 0 spiro atoms. The minimum absolute atomic E-state index is 0.0432. The number of aryl methyl sites for hydroxylation is 1. The predicted molar refractivity (Wildman–Crippen MR) is 88.6 cm³/mol. The first-order chi connectivity index (χ1) is 12.7. The number of esters is 1. The van der Waals surface area contributed by atoms with Crippen LogP contribution in [-0.2, 0) is 19.0 Å². The second-order valence-electron chi connectivity index (χ2n) is 6.72. The van der Waals surface area contributed by atoms with Crippen LogP contribution in [0.2, 0.25) is 5.02 Å². The Hall–Kier alpha value is -1.77. The first kappa shape index (κ1) is 18.6. The van der Waals surface area contributed by atoms with Crippen molar-refractivity contribution in [1.82, 2.24) is 0 Å². The fraction of sp³-hybridized carbons (Fsp3) is 0.500. The summed E-state index contributed by atoms with van der Waals surface area (Å²) in [6, 6.07) is 2.94. The Kier molecular flexibility index (Phi) is 4.60. The molecule has 9 heteroatoms. The highest BCUT2D eigenvalue weighted by atomic mass is 35.5. The summed E-state index contributed by atoms with van der Waals surface area (Å²) in [5.74, 6) is -1.06. The highest BCUT2D eigenvalue weighted by Crippen LogP contribution is 2.41. The van der Waals surface area contributed by atoms with Crippen LogP contribution in [0.1, 0.15) is 17.5 Å². The zero-order chi connectivity index (χ0) is 19.3. The average molecular weight is 405 g/mol. The molecule has 0 amide bonds. The lowest BCUT2D eigenvalue weighted by atomic mass is 9.99. The van der Waals surface area contributed by atoms with Gasteiger partial charge in [0.2, 0.25) is 6.10 Å². The fourth-order valence-electron chi connectivity index (χ4n) is 3.59. The first-order valence-corrected chi connectivity index (χ1v) is 8.81. The van der Waals surface area contributed by atoms with E-state index in [1.807, 2.05) is 0 Å². The first-order valence-electron chi connectivity index (χ1n) is 8.43. The quantitative estimate of drug-likeness (QED) is 0.707. The Morgan fingerprint density at radius 3 is 2.81 bits per heavy atom. The van der Waals surface area contributed by atoms with E-state index in [2.05, 4.69) is 0 Å². The highest BCUT2D eigenvalue weighted by molar-refractivity contribution is 6.30. The van der Waals surface area contributed by atoms with Crippen molar-refractivity contribution in [2.45, 2.75) is 43.9 Å². The van der Waals surface area contributed by atoms with Crippen LogP contribution in [0.25, 0.3) is 6.08 Å². The Morgan fingerprint density at radius 2 is 2.07 bits per heavy atom. The number of carbonyl (C=O) groups excluding carboxylic acids is 1. The van der Waals surface area contributed by atoms with Crippen LogP contribution in [0.15, 0.2) is 17.7 Å². The van der Waals surface area contributed by atoms with Crippen LogP contribution in [0, 0.1) is 6.92 Å². The average Bonchev–Trinajstić information content (AvgIpc) is 3.17. The van der Waals surface area contributed by atoms with Crippen molar-refractivity contribution in [3.05, 3.63) is 33.9 Å².